The number of unbranched alkanes of at least 4 members (excludes halogenated alkanes) is 18. The first kappa shape index (κ1) is 40.2. The van der Waals surface area contributed by atoms with Crippen LogP contribution in [0.2, 0.25) is 0 Å². The van der Waals surface area contributed by atoms with Gasteiger partial charge in [-0.2, -0.15) is 0 Å². The molecule has 4 heterocycles. The second-order valence-electron chi connectivity index (χ2n) is 13.6. The topological polar surface area (TPSA) is 35.0 Å². The van der Waals surface area contributed by atoms with Crippen molar-refractivity contribution in [3.63, 3.8) is 0 Å². The summed E-state index contributed by atoms with van der Waals surface area (Å²) < 4.78 is 0. The smallest absolute Gasteiger partial charge is 0.0477 e. The quantitative estimate of drug-likeness (QED) is 0.0682. The van der Waals surface area contributed by atoms with Crippen molar-refractivity contribution in [2.75, 3.05) is 0 Å². The molecule has 262 valence electrons. The monoisotopic (exact) mass is 711 g/mol. The SMILES string of the molecule is CCCCCCCCCCCCc1cc(C)sc1-c1ccc(-c2ccc(-c3sc(C)cc3CCCCCCCCCCCC)s2)s1.N. The minimum atomic E-state index is 0. The van der Waals surface area contributed by atoms with Crippen molar-refractivity contribution < 1.29 is 0 Å². The number of hydrogen-bond acceptors (Lipinski definition) is 5. The van der Waals surface area contributed by atoms with Crippen molar-refractivity contribution in [1.29, 1.82) is 0 Å². The summed E-state index contributed by atoms with van der Waals surface area (Å²) in [5.41, 5.74) is 3.15. The summed E-state index contributed by atoms with van der Waals surface area (Å²) in [5.74, 6) is 0. The Kier molecular flexibility index (Phi) is 19.9. The molecule has 47 heavy (non-hydrogen) atoms. The van der Waals surface area contributed by atoms with Gasteiger partial charge in [0.15, 0.2) is 0 Å². The van der Waals surface area contributed by atoms with Gasteiger partial charge in [0, 0.05) is 39.0 Å². The van der Waals surface area contributed by atoms with E-state index < -0.39 is 0 Å². The molecule has 0 aliphatic carbocycles. The molecular weight excluding hydrogens is 647 g/mol. The van der Waals surface area contributed by atoms with E-state index in [1.165, 1.54) is 180 Å². The zero-order valence-corrected chi connectivity index (χ0v) is 33.6. The van der Waals surface area contributed by atoms with Gasteiger partial charge in [-0.1, -0.05) is 129 Å². The molecule has 4 rings (SSSR count). The molecule has 0 aromatic carbocycles. The van der Waals surface area contributed by atoms with E-state index in [2.05, 4.69) is 64.1 Å². The lowest BCUT2D eigenvalue weighted by atomic mass is 10.0. The van der Waals surface area contributed by atoms with Gasteiger partial charge in [-0.15, -0.1) is 45.3 Å². The highest BCUT2D eigenvalue weighted by molar-refractivity contribution is 7.28. The molecule has 0 amide bonds. The Morgan fingerprint density at radius 1 is 0.383 bits per heavy atom. The van der Waals surface area contributed by atoms with Crippen molar-refractivity contribution in [3.8, 4) is 29.3 Å². The maximum atomic E-state index is 2.46. The first-order valence-electron chi connectivity index (χ1n) is 19.0. The molecular formula is C42H65NS4. The van der Waals surface area contributed by atoms with Crippen molar-refractivity contribution in [3.05, 3.63) is 57.3 Å². The molecule has 1 nitrogen and oxygen atoms in total. The maximum absolute atomic E-state index is 2.46. The van der Waals surface area contributed by atoms with E-state index in [-0.39, 0.29) is 6.15 Å². The summed E-state index contributed by atoms with van der Waals surface area (Å²) in [6, 6.07) is 14.5. The second-order valence-corrected chi connectivity index (χ2v) is 18.3. The van der Waals surface area contributed by atoms with Gasteiger partial charge in [0.05, 0.1) is 0 Å². The molecule has 0 fully saturated rings. The van der Waals surface area contributed by atoms with Crippen LogP contribution in [0.15, 0.2) is 36.4 Å². The summed E-state index contributed by atoms with van der Waals surface area (Å²) >= 11 is 7.98. The molecule has 5 heteroatoms. The van der Waals surface area contributed by atoms with Crippen LogP contribution in [-0.2, 0) is 12.8 Å². The maximum Gasteiger partial charge on any atom is 0.0477 e. The van der Waals surface area contributed by atoms with E-state index in [9.17, 15) is 0 Å². The van der Waals surface area contributed by atoms with Crippen molar-refractivity contribution >= 4 is 45.3 Å². The lowest BCUT2D eigenvalue weighted by Gasteiger charge is -2.04. The van der Waals surface area contributed by atoms with Crippen molar-refractivity contribution in [1.82, 2.24) is 6.15 Å². The van der Waals surface area contributed by atoms with Crippen LogP contribution in [0.25, 0.3) is 29.3 Å². The standard InChI is InChI=1S/C42H62S4.H3N/c1-5-7-9-11-13-15-17-19-21-23-25-35-31-33(3)43-41(35)39-29-27-37(45-39)38-28-30-40(46-38)42-36(32-34(4)44-42)26-24-22-20-18-16-14-12-10-8-6-2;/h27-32H,5-26H2,1-4H3;1H3. The van der Waals surface area contributed by atoms with Crippen LogP contribution in [0, 0.1) is 13.8 Å². The van der Waals surface area contributed by atoms with E-state index in [1.54, 1.807) is 11.1 Å². The van der Waals surface area contributed by atoms with Crippen LogP contribution in [-0.4, -0.2) is 0 Å². The fourth-order valence-corrected chi connectivity index (χ4v) is 11.2. The van der Waals surface area contributed by atoms with E-state index in [4.69, 9.17) is 0 Å². The van der Waals surface area contributed by atoms with Gasteiger partial charge in [-0.3, -0.25) is 0 Å². The van der Waals surface area contributed by atoms with Crippen molar-refractivity contribution in [2.45, 2.75) is 169 Å². The Labute approximate surface area is 305 Å². The average Bonchev–Trinajstić information content (AvgIpc) is 3.85. The molecule has 0 saturated heterocycles. The highest BCUT2D eigenvalue weighted by Gasteiger charge is 2.16. The Morgan fingerprint density at radius 3 is 1.02 bits per heavy atom. The average molecular weight is 712 g/mol. The first-order valence-corrected chi connectivity index (χ1v) is 22.2. The van der Waals surface area contributed by atoms with Crippen LogP contribution >= 0.6 is 45.3 Å². The van der Waals surface area contributed by atoms with E-state index in [0.717, 1.165) is 0 Å². The lowest BCUT2D eigenvalue weighted by molar-refractivity contribution is 0.556. The molecule has 3 N–H and O–H groups in total. The lowest BCUT2D eigenvalue weighted by Crippen LogP contribution is -1.86. The summed E-state index contributed by atoms with van der Waals surface area (Å²) in [5, 5.41) is 0. The molecule has 0 saturated carbocycles. The highest BCUT2D eigenvalue weighted by atomic mass is 32.1. The Balaban J connectivity index is 0.00000600. The van der Waals surface area contributed by atoms with Gasteiger partial charge in [0.25, 0.3) is 0 Å². The molecule has 4 aromatic rings. The summed E-state index contributed by atoms with van der Waals surface area (Å²) in [6.45, 7) is 9.18. The highest BCUT2D eigenvalue weighted by Crippen LogP contribution is 2.45. The predicted octanol–water partition coefficient (Wildman–Crippen LogP) is 16.6. The Morgan fingerprint density at radius 2 is 0.681 bits per heavy atom. The summed E-state index contributed by atoms with van der Waals surface area (Å²) in [6.07, 6.45) is 30.5. The summed E-state index contributed by atoms with van der Waals surface area (Å²) in [4.78, 5) is 11.7. The van der Waals surface area contributed by atoms with Crippen LogP contribution in [0.1, 0.15) is 163 Å². The zero-order valence-electron chi connectivity index (χ0n) is 30.4. The van der Waals surface area contributed by atoms with Gasteiger partial charge >= 0.3 is 0 Å². The third-order valence-electron chi connectivity index (χ3n) is 9.37. The van der Waals surface area contributed by atoms with E-state index in [0.29, 0.717) is 0 Å². The number of thiophene rings is 4. The fraction of sp³-hybridized carbons (Fsp3) is 0.619. The normalized spacial score (nSPS) is 11.4. The number of hydrogen-bond donors (Lipinski definition) is 1. The molecule has 0 unspecified atom stereocenters. The molecule has 0 spiro atoms. The molecule has 0 atom stereocenters. The largest absolute Gasteiger partial charge is 0.344 e. The van der Waals surface area contributed by atoms with Crippen LogP contribution in [0.5, 0.6) is 0 Å². The van der Waals surface area contributed by atoms with Gasteiger partial charge in [0.2, 0.25) is 0 Å². The third-order valence-corrected chi connectivity index (χ3v) is 14.3. The van der Waals surface area contributed by atoms with Gasteiger partial charge in [-0.05, 0) is 87.1 Å². The van der Waals surface area contributed by atoms with E-state index in [1.807, 2.05) is 45.3 Å². The molecule has 4 aromatic heterocycles. The third kappa shape index (κ3) is 13.9. The number of rotatable bonds is 25. The number of aryl methyl sites for hydroxylation is 4. The predicted molar refractivity (Wildman–Crippen MR) is 220 cm³/mol. The van der Waals surface area contributed by atoms with Crippen molar-refractivity contribution in [2.24, 2.45) is 0 Å². The fourth-order valence-electron chi connectivity index (χ4n) is 6.71. The van der Waals surface area contributed by atoms with Gasteiger partial charge in [-0.25, -0.2) is 0 Å². The first-order chi connectivity index (χ1) is 22.6. The Bertz CT molecular complexity index is 1260. The van der Waals surface area contributed by atoms with E-state index >= 15 is 0 Å². The Hall–Kier alpha value is -1.24. The zero-order chi connectivity index (χ0) is 32.4. The van der Waals surface area contributed by atoms with Gasteiger partial charge < -0.3 is 6.15 Å². The molecule has 0 bridgehead atoms. The summed E-state index contributed by atoms with van der Waals surface area (Å²) in [7, 11) is 0. The molecule has 0 aliphatic heterocycles. The minimum absolute atomic E-state index is 0. The second kappa shape index (κ2) is 23.2. The van der Waals surface area contributed by atoms with Crippen LogP contribution < -0.4 is 6.15 Å². The minimum Gasteiger partial charge on any atom is -0.344 e. The van der Waals surface area contributed by atoms with Crippen LogP contribution in [0.3, 0.4) is 0 Å². The molecule has 0 aliphatic rings. The molecule has 0 radical (unpaired) electrons. The van der Waals surface area contributed by atoms with Crippen LogP contribution in [0.4, 0.5) is 0 Å². The van der Waals surface area contributed by atoms with Gasteiger partial charge in [0.1, 0.15) is 0 Å².